The minimum atomic E-state index is -0.0285. The molecule has 0 aliphatic heterocycles. The van der Waals surface area contributed by atoms with E-state index in [1.165, 1.54) is 0 Å². The molecule has 1 aromatic rings. The second-order valence-corrected chi connectivity index (χ2v) is 3.73. The lowest BCUT2D eigenvalue weighted by Gasteiger charge is -2.11. The molecule has 0 radical (unpaired) electrons. The number of rotatable bonds is 5. The first-order chi connectivity index (χ1) is 7.65. The fourth-order valence-electron chi connectivity index (χ4n) is 1.48. The van der Waals surface area contributed by atoms with Gasteiger partial charge in [0.1, 0.15) is 0 Å². The molecule has 1 amide bonds. The quantitative estimate of drug-likeness (QED) is 0.586. The highest BCUT2D eigenvalue weighted by Gasteiger charge is 2.05. The Morgan fingerprint density at radius 2 is 2.00 bits per heavy atom. The van der Waals surface area contributed by atoms with Crippen molar-refractivity contribution in [2.75, 3.05) is 18.4 Å². The van der Waals surface area contributed by atoms with Crippen LogP contribution in [-0.2, 0) is 4.79 Å². The van der Waals surface area contributed by atoms with Crippen LogP contribution in [-0.4, -0.2) is 19.0 Å². The van der Waals surface area contributed by atoms with Crippen LogP contribution in [0.2, 0.25) is 0 Å². The summed E-state index contributed by atoms with van der Waals surface area (Å²) in [5.41, 5.74) is 3.07. The van der Waals surface area contributed by atoms with E-state index in [1.807, 2.05) is 32.0 Å². The van der Waals surface area contributed by atoms with Gasteiger partial charge in [-0.2, -0.15) is 0 Å². The summed E-state index contributed by atoms with van der Waals surface area (Å²) >= 11 is 0. The van der Waals surface area contributed by atoms with Crippen LogP contribution < -0.4 is 10.6 Å². The number of aryl methyl sites for hydroxylation is 2. The number of hydrogen-bond acceptors (Lipinski definition) is 2. The smallest absolute Gasteiger partial charge is 0.238 e. The Kier molecular flexibility index (Phi) is 4.73. The van der Waals surface area contributed by atoms with E-state index in [1.54, 1.807) is 6.08 Å². The predicted molar refractivity (Wildman–Crippen MR) is 67.6 cm³/mol. The number of amides is 1. The molecule has 0 heterocycles. The molecule has 0 fully saturated rings. The lowest BCUT2D eigenvalue weighted by atomic mass is 10.1. The van der Waals surface area contributed by atoms with E-state index in [2.05, 4.69) is 17.2 Å². The Bertz CT molecular complexity index is 365. The average Bonchev–Trinajstić information content (AvgIpc) is 2.24. The van der Waals surface area contributed by atoms with Crippen molar-refractivity contribution in [1.82, 2.24) is 5.32 Å². The monoisotopic (exact) mass is 218 g/mol. The fraction of sp³-hybridized carbons (Fsp3) is 0.308. The van der Waals surface area contributed by atoms with Gasteiger partial charge in [-0.15, -0.1) is 6.58 Å². The molecule has 0 unspecified atom stereocenters. The van der Waals surface area contributed by atoms with Gasteiger partial charge in [-0.25, -0.2) is 0 Å². The Morgan fingerprint density at radius 3 is 2.56 bits per heavy atom. The minimum absolute atomic E-state index is 0.0285. The Morgan fingerprint density at radius 1 is 1.38 bits per heavy atom. The zero-order valence-electron chi connectivity index (χ0n) is 9.84. The molecule has 0 spiro atoms. The second-order valence-electron chi connectivity index (χ2n) is 3.73. The number of para-hydroxylation sites is 1. The number of anilines is 1. The van der Waals surface area contributed by atoms with Crippen LogP contribution in [0.15, 0.2) is 30.9 Å². The third-order valence-corrected chi connectivity index (χ3v) is 2.32. The first-order valence-corrected chi connectivity index (χ1v) is 5.33. The van der Waals surface area contributed by atoms with E-state index < -0.39 is 0 Å². The topological polar surface area (TPSA) is 41.1 Å². The van der Waals surface area contributed by atoms with Crippen LogP contribution in [0, 0.1) is 13.8 Å². The van der Waals surface area contributed by atoms with E-state index in [4.69, 9.17) is 0 Å². The molecule has 3 heteroatoms. The summed E-state index contributed by atoms with van der Waals surface area (Å²) in [5, 5.41) is 5.87. The van der Waals surface area contributed by atoms with Gasteiger partial charge >= 0.3 is 0 Å². The van der Waals surface area contributed by atoms with Crippen molar-refractivity contribution in [1.29, 1.82) is 0 Å². The summed E-state index contributed by atoms with van der Waals surface area (Å²) in [4.78, 5) is 11.6. The number of carbonyl (C=O) groups excluding carboxylic acids is 1. The van der Waals surface area contributed by atoms with E-state index >= 15 is 0 Å². The van der Waals surface area contributed by atoms with Gasteiger partial charge in [0.15, 0.2) is 0 Å². The average molecular weight is 218 g/mol. The van der Waals surface area contributed by atoms with Crippen LogP contribution >= 0.6 is 0 Å². The number of hydrogen-bond donors (Lipinski definition) is 2. The SMILES string of the molecule is C=CCNCC(=O)Nc1c(C)cccc1C. The van der Waals surface area contributed by atoms with Gasteiger partial charge in [-0.1, -0.05) is 24.3 Å². The number of benzene rings is 1. The molecule has 0 saturated carbocycles. The highest BCUT2D eigenvalue weighted by molar-refractivity contribution is 5.93. The lowest BCUT2D eigenvalue weighted by Crippen LogP contribution is -2.28. The molecule has 16 heavy (non-hydrogen) atoms. The van der Waals surface area contributed by atoms with Crippen LogP contribution in [0.4, 0.5) is 5.69 Å². The first-order valence-electron chi connectivity index (χ1n) is 5.33. The summed E-state index contributed by atoms with van der Waals surface area (Å²) < 4.78 is 0. The zero-order valence-corrected chi connectivity index (χ0v) is 9.84. The first kappa shape index (κ1) is 12.5. The highest BCUT2D eigenvalue weighted by atomic mass is 16.1. The van der Waals surface area contributed by atoms with Crippen molar-refractivity contribution in [2.45, 2.75) is 13.8 Å². The van der Waals surface area contributed by atoms with Crippen molar-refractivity contribution in [2.24, 2.45) is 0 Å². The van der Waals surface area contributed by atoms with E-state index in [0.717, 1.165) is 16.8 Å². The fourth-order valence-corrected chi connectivity index (χ4v) is 1.48. The highest BCUT2D eigenvalue weighted by Crippen LogP contribution is 2.18. The van der Waals surface area contributed by atoms with E-state index in [0.29, 0.717) is 13.1 Å². The molecule has 0 aromatic heterocycles. The molecule has 0 atom stereocenters. The van der Waals surface area contributed by atoms with Crippen LogP contribution in [0.3, 0.4) is 0 Å². The van der Waals surface area contributed by atoms with Gasteiger partial charge in [0.25, 0.3) is 0 Å². The summed E-state index contributed by atoms with van der Waals surface area (Å²) in [6.45, 7) is 8.49. The van der Waals surface area contributed by atoms with Gasteiger partial charge in [0.05, 0.1) is 6.54 Å². The maximum absolute atomic E-state index is 11.6. The molecular weight excluding hydrogens is 200 g/mol. The Hall–Kier alpha value is -1.61. The Labute approximate surface area is 96.6 Å². The van der Waals surface area contributed by atoms with Crippen molar-refractivity contribution in [3.05, 3.63) is 42.0 Å². The predicted octanol–water partition coefficient (Wildman–Crippen LogP) is 2.02. The molecule has 2 N–H and O–H groups in total. The summed E-state index contributed by atoms with van der Waals surface area (Å²) in [5.74, 6) is -0.0285. The third-order valence-electron chi connectivity index (χ3n) is 2.32. The standard InChI is InChI=1S/C13H18N2O/c1-4-8-14-9-12(16)15-13-10(2)6-5-7-11(13)3/h4-7,14H,1,8-9H2,2-3H3,(H,15,16). The van der Waals surface area contributed by atoms with Crippen LogP contribution in [0.25, 0.3) is 0 Å². The summed E-state index contributed by atoms with van der Waals surface area (Å²) in [6.07, 6.45) is 1.73. The van der Waals surface area contributed by atoms with Crippen LogP contribution in [0.1, 0.15) is 11.1 Å². The van der Waals surface area contributed by atoms with Crippen molar-refractivity contribution in [3.63, 3.8) is 0 Å². The molecule has 0 aliphatic rings. The van der Waals surface area contributed by atoms with E-state index in [-0.39, 0.29) is 5.91 Å². The molecule has 86 valence electrons. The maximum Gasteiger partial charge on any atom is 0.238 e. The second kappa shape index (κ2) is 6.08. The van der Waals surface area contributed by atoms with Crippen LogP contribution in [0.5, 0.6) is 0 Å². The number of carbonyl (C=O) groups is 1. The van der Waals surface area contributed by atoms with Gasteiger partial charge in [-0.05, 0) is 25.0 Å². The largest absolute Gasteiger partial charge is 0.324 e. The van der Waals surface area contributed by atoms with Crippen molar-refractivity contribution >= 4 is 11.6 Å². The molecule has 3 nitrogen and oxygen atoms in total. The van der Waals surface area contributed by atoms with Gasteiger partial charge in [0, 0.05) is 12.2 Å². The van der Waals surface area contributed by atoms with Gasteiger partial charge < -0.3 is 10.6 Å². The lowest BCUT2D eigenvalue weighted by molar-refractivity contribution is -0.115. The number of nitrogens with one attached hydrogen (secondary N) is 2. The normalized spacial score (nSPS) is 9.88. The van der Waals surface area contributed by atoms with Gasteiger partial charge in [-0.3, -0.25) is 4.79 Å². The van der Waals surface area contributed by atoms with Gasteiger partial charge in [0.2, 0.25) is 5.91 Å². The molecule has 0 aliphatic carbocycles. The maximum atomic E-state index is 11.6. The molecule has 1 aromatic carbocycles. The van der Waals surface area contributed by atoms with Crippen molar-refractivity contribution in [3.8, 4) is 0 Å². The molecule has 1 rings (SSSR count). The zero-order chi connectivity index (χ0) is 12.0. The van der Waals surface area contributed by atoms with Crippen molar-refractivity contribution < 1.29 is 4.79 Å². The minimum Gasteiger partial charge on any atom is -0.324 e. The summed E-state index contributed by atoms with van der Waals surface area (Å²) in [6, 6.07) is 5.95. The Balaban J connectivity index is 2.59. The van der Waals surface area contributed by atoms with E-state index in [9.17, 15) is 4.79 Å². The molecule has 0 bridgehead atoms. The molecule has 0 saturated heterocycles. The molecular formula is C13H18N2O. The summed E-state index contributed by atoms with van der Waals surface area (Å²) in [7, 11) is 0. The third kappa shape index (κ3) is 3.51.